The summed E-state index contributed by atoms with van der Waals surface area (Å²) in [6, 6.07) is 14.9. The third-order valence-corrected chi connectivity index (χ3v) is 5.16. The van der Waals surface area contributed by atoms with Crippen LogP contribution in [0.3, 0.4) is 0 Å². The van der Waals surface area contributed by atoms with Gasteiger partial charge in [-0.25, -0.2) is 0 Å². The van der Waals surface area contributed by atoms with Crippen molar-refractivity contribution in [3.8, 4) is 11.5 Å². The van der Waals surface area contributed by atoms with E-state index in [-0.39, 0.29) is 0 Å². The first-order valence-corrected chi connectivity index (χ1v) is 9.58. The highest BCUT2D eigenvalue weighted by molar-refractivity contribution is 5.40. The van der Waals surface area contributed by atoms with Crippen LogP contribution >= 0.6 is 0 Å². The van der Waals surface area contributed by atoms with E-state index in [1.165, 1.54) is 11.1 Å². The van der Waals surface area contributed by atoms with E-state index in [1.54, 1.807) is 14.2 Å². The van der Waals surface area contributed by atoms with E-state index >= 15 is 0 Å². The minimum Gasteiger partial charge on any atom is -0.497 e. The molecule has 2 aromatic carbocycles. The summed E-state index contributed by atoms with van der Waals surface area (Å²) in [5.41, 5.74) is 3.81. The highest BCUT2D eigenvalue weighted by Crippen LogP contribution is 2.24. The molecule has 0 aromatic heterocycles. The summed E-state index contributed by atoms with van der Waals surface area (Å²) in [5, 5.41) is 3.50. The van der Waals surface area contributed by atoms with E-state index in [2.05, 4.69) is 46.4 Å². The highest BCUT2D eigenvalue weighted by Gasteiger charge is 2.13. The average Bonchev–Trinajstić information content (AvgIpc) is 2.71. The molecule has 1 aliphatic rings. The number of nitrogens with zero attached hydrogens (tertiary/aromatic N) is 2. The molecular formula is C22H31N3O2. The van der Waals surface area contributed by atoms with Gasteiger partial charge in [-0.2, -0.15) is 0 Å². The van der Waals surface area contributed by atoms with Gasteiger partial charge in [0.25, 0.3) is 0 Å². The maximum absolute atomic E-state index is 5.46. The van der Waals surface area contributed by atoms with Gasteiger partial charge >= 0.3 is 0 Å². The van der Waals surface area contributed by atoms with E-state index in [1.807, 2.05) is 18.2 Å². The Morgan fingerprint density at radius 2 is 1.56 bits per heavy atom. The van der Waals surface area contributed by atoms with Gasteiger partial charge in [-0.05, 0) is 24.2 Å². The van der Waals surface area contributed by atoms with Crippen molar-refractivity contribution >= 4 is 0 Å². The number of methoxy groups -OCH3 is 2. The number of ether oxygens (including phenoxy) is 2. The molecule has 3 rings (SSSR count). The van der Waals surface area contributed by atoms with Crippen LogP contribution in [-0.2, 0) is 19.6 Å². The third kappa shape index (κ3) is 5.70. The first kappa shape index (κ1) is 19.7. The van der Waals surface area contributed by atoms with Gasteiger partial charge in [0.15, 0.2) is 0 Å². The quantitative estimate of drug-likeness (QED) is 0.774. The molecule has 0 aliphatic carbocycles. The lowest BCUT2D eigenvalue weighted by atomic mass is 10.1. The smallest absolute Gasteiger partial charge is 0.127 e. The molecule has 146 valence electrons. The fourth-order valence-electron chi connectivity index (χ4n) is 3.37. The SMILES string of the molecule is COc1ccc(CNCc2ccc(CN3CCN(C)CC3)cc2)c(OC)c1. The molecule has 0 radical (unpaired) electrons. The normalized spacial score (nSPS) is 15.7. The van der Waals surface area contributed by atoms with Gasteiger partial charge in [0, 0.05) is 57.4 Å². The van der Waals surface area contributed by atoms with Crippen LogP contribution in [0.1, 0.15) is 16.7 Å². The molecule has 0 bridgehead atoms. The average molecular weight is 370 g/mol. The molecule has 5 nitrogen and oxygen atoms in total. The second kappa shape index (κ2) is 9.74. The topological polar surface area (TPSA) is 37.0 Å². The van der Waals surface area contributed by atoms with Crippen molar-refractivity contribution in [3.63, 3.8) is 0 Å². The summed E-state index contributed by atoms with van der Waals surface area (Å²) in [4.78, 5) is 4.92. The fraction of sp³-hybridized carbons (Fsp3) is 0.455. The summed E-state index contributed by atoms with van der Waals surface area (Å²) in [7, 11) is 5.55. The van der Waals surface area contributed by atoms with Crippen LogP contribution in [0.2, 0.25) is 0 Å². The molecule has 1 N–H and O–H groups in total. The molecule has 1 fully saturated rings. The van der Waals surface area contributed by atoms with Crippen molar-refractivity contribution in [2.45, 2.75) is 19.6 Å². The molecule has 1 saturated heterocycles. The van der Waals surface area contributed by atoms with Gasteiger partial charge in [0.1, 0.15) is 11.5 Å². The van der Waals surface area contributed by atoms with Crippen LogP contribution in [0.5, 0.6) is 11.5 Å². The lowest BCUT2D eigenvalue weighted by molar-refractivity contribution is 0.148. The molecule has 2 aromatic rings. The first-order chi connectivity index (χ1) is 13.2. The third-order valence-electron chi connectivity index (χ3n) is 5.16. The molecule has 1 aliphatic heterocycles. The molecular weight excluding hydrogens is 338 g/mol. The molecule has 0 saturated carbocycles. The summed E-state index contributed by atoms with van der Waals surface area (Å²) in [6.07, 6.45) is 0. The summed E-state index contributed by atoms with van der Waals surface area (Å²) < 4.78 is 10.7. The Morgan fingerprint density at radius 1 is 0.852 bits per heavy atom. The molecule has 0 spiro atoms. The summed E-state index contributed by atoms with van der Waals surface area (Å²) >= 11 is 0. The molecule has 27 heavy (non-hydrogen) atoms. The van der Waals surface area contributed by atoms with E-state index in [4.69, 9.17) is 9.47 Å². The van der Waals surface area contributed by atoms with Crippen LogP contribution in [0.25, 0.3) is 0 Å². The maximum atomic E-state index is 5.46. The largest absolute Gasteiger partial charge is 0.497 e. The van der Waals surface area contributed by atoms with Gasteiger partial charge in [-0.1, -0.05) is 30.3 Å². The van der Waals surface area contributed by atoms with Crippen LogP contribution in [-0.4, -0.2) is 57.2 Å². The standard InChI is InChI=1S/C22H31N3O2/c1-24-10-12-25(13-11-24)17-19-6-4-18(5-7-19)15-23-16-20-8-9-21(26-2)14-22(20)27-3/h4-9,14,23H,10-13,15-17H2,1-3H3. The monoisotopic (exact) mass is 369 g/mol. The van der Waals surface area contributed by atoms with E-state index in [0.717, 1.165) is 62.9 Å². The predicted molar refractivity (Wildman–Crippen MR) is 109 cm³/mol. The number of benzene rings is 2. The lowest BCUT2D eigenvalue weighted by Gasteiger charge is -2.32. The zero-order valence-corrected chi connectivity index (χ0v) is 16.7. The van der Waals surface area contributed by atoms with Gasteiger partial charge in [0.05, 0.1) is 14.2 Å². The number of likely N-dealkylation sites (N-methyl/N-ethyl adjacent to an activating group) is 1. The lowest BCUT2D eigenvalue weighted by Crippen LogP contribution is -2.43. The molecule has 1 heterocycles. The summed E-state index contributed by atoms with van der Waals surface area (Å²) in [5.74, 6) is 1.66. The van der Waals surface area contributed by atoms with Gasteiger partial charge in [-0.15, -0.1) is 0 Å². The molecule has 0 amide bonds. The van der Waals surface area contributed by atoms with Crippen molar-refractivity contribution in [1.29, 1.82) is 0 Å². The van der Waals surface area contributed by atoms with Crippen molar-refractivity contribution in [3.05, 3.63) is 59.2 Å². The number of piperazine rings is 1. The minimum atomic E-state index is 0.760. The molecule has 5 heteroatoms. The van der Waals surface area contributed by atoms with Crippen molar-refractivity contribution in [1.82, 2.24) is 15.1 Å². The molecule has 0 atom stereocenters. The van der Waals surface area contributed by atoms with Gasteiger partial charge < -0.3 is 19.7 Å². The van der Waals surface area contributed by atoms with Crippen molar-refractivity contribution < 1.29 is 9.47 Å². The number of rotatable bonds is 8. The number of nitrogens with one attached hydrogen (secondary N) is 1. The zero-order valence-electron chi connectivity index (χ0n) is 16.7. The Kier molecular flexibility index (Phi) is 7.10. The van der Waals surface area contributed by atoms with E-state index in [9.17, 15) is 0 Å². The Balaban J connectivity index is 1.47. The highest BCUT2D eigenvalue weighted by atomic mass is 16.5. The second-order valence-electron chi connectivity index (χ2n) is 7.18. The zero-order chi connectivity index (χ0) is 19.1. The number of hydrogen-bond donors (Lipinski definition) is 1. The van der Waals surface area contributed by atoms with Crippen molar-refractivity contribution in [2.75, 3.05) is 47.4 Å². The Morgan fingerprint density at radius 3 is 2.22 bits per heavy atom. The second-order valence-corrected chi connectivity index (χ2v) is 7.18. The Labute approximate surface area is 162 Å². The predicted octanol–water partition coefficient (Wildman–Crippen LogP) is 2.74. The van der Waals surface area contributed by atoms with Crippen LogP contribution < -0.4 is 14.8 Å². The van der Waals surface area contributed by atoms with Crippen LogP contribution in [0.15, 0.2) is 42.5 Å². The van der Waals surface area contributed by atoms with Crippen molar-refractivity contribution in [2.24, 2.45) is 0 Å². The Hall–Kier alpha value is -2.08. The van der Waals surface area contributed by atoms with Crippen LogP contribution in [0, 0.1) is 0 Å². The number of hydrogen-bond acceptors (Lipinski definition) is 5. The summed E-state index contributed by atoms with van der Waals surface area (Å²) in [6.45, 7) is 7.28. The first-order valence-electron chi connectivity index (χ1n) is 9.58. The van der Waals surface area contributed by atoms with Crippen LogP contribution in [0.4, 0.5) is 0 Å². The van der Waals surface area contributed by atoms with E-state index < -0.39 is 0 Å². The van der Waals surface area contributed by atoms with Gasteiger partial charge in [0.2, 0.25) is 0 Å². The molecule has 0 unspecified atom stereocenters. The maximum Gasteiger partial charge on any atom is 0.127 e. The Bertz CT molecular complexity index is 710. The van der Waals surface area contributed by atoms with E-state index in [0.29, 0.717) is 0 Å². The van der Waals surface area contributed by atoms with Gasteiger partial charge in [-0.3, -0.25) is 4.90 Å². The minimum absolute atomic E-state index is 0.760. The fourth-order valence-corrected chi connectivity index (χ4v) is 3.37.